The highest BCUT2D eigenvalue weighted by molar-refractivity contribution is 5.27. The van der Waals surface area contributed by atoms with Gasteiger partial charge in [0.15, 0.2) is 0 Å². The summed E-state index contributed by atoms with van der Waals surface area (Å²) in [7, 11) is 0. The summed E-state index contributed by atoms with van der Waals surface area (Å²) in [4.78, 5) is 0. The number of hydrogen-bond acceptors (Lipinski definition) is 2. The maximum atomic E-state index is 6.40. The van der Waals surface area contributed by atoms with Crippen LogP contribution in [0.2, 0.25) is 0 Å². The highest BCUT2D eigenvalue weighted by Crippen LogP contribution is 2.28. The normalized spacial score (nSPS) is 20.6. The molecule has 2 heteroatoms. The molecule has 0 saturated carbocycles. The van der Waals surface area contributed by atoms with Crippen LogP contribution < -0.4 is 11.1 Å². The number of nitrogens with two attached hydrogens (primary N) is 1. The minimum atomic E-state index is 0.207. The van der Waals surface area contributed by atoms with Gasteiger partial charge in [0, 0.05) is 6.04 Å². The first-order valence-electron chi connectivity index (χ1n) is 7.28. The Hall–Kier alpha value is -0.860. The summed E-state index contributed by atoms with van der Waals surface area (Å²) < 4.78 is 0. The monoisotopic (exact) mass is 246 g/mol. The van der Waals surface area contributed by atoms with Crippen LogP contribution in [-0.2, 0) is 0 Å². The summed E-state index contributed by atoms with van der Waals surface area (Å²) in [5.41, 5.74) is 9.13. The Morgan fingerprint density at radius 2 is 1.72 bits per heavy atom. The molecule has 1 aliphatic rings. The lowest BCUT2D eigenvalue weighted by Crippen LogP contribution is -2.33. The summed E-state index contributed by atoms with van der Waals surface area (Å²) in [5.74, 6) is 1.29. The van der Waals surface area contributed by atoms with Crippen LogP contribution in [0.25, 0.3) is 0 Å². The van der Waals surface area contributed by atoms with Crippen LogP contribution in [0.5, 0.6) is 0 Å². The molecule has 0 aliphatic carbocycles. The van der Waals surface area contributed by atoms with Gasteiger partial charge in [-0.05, 0) is 55.3 Å². The SMILES string of the molecule is CCC(C)c1ccc(C(N)C2CCNCC2)cc1. The highest BCUT2D eigenvalue weighted by Gasteiger charge is 2.21. The average Bonchev–Trinajstić information content (AvgIpc) is 2.47. The van der Waals surface area contributed by atoms with Crippen molar-refractivity contribution in [3.63, 3.8) is 0 Å². The molecular weight excluding hydrogens is 220 g/mol. The van der Waals surface area contributed by atoms with Crippen LogP contribution >= 0.6 is 0 Å². The first-order valence-corrected chi connectivity index (χ1v) is 7.28. The fourth-order valence-corrected chi connectivity index (χ4v) is 2.76. The van der Waals surface area contributed by atoms with E-state index in [0.717, 1.165) is 13.1 Å². The molecule has 2 atom stereocenters. The van der Waals surface area contributed by atoms with Crippen LogP contribution in [0, 0.1) is 5.92 Å². The molecule has 3 N–H and O–H groups in total. The zero-order valence-corrected chi connectivity index (χ0v) is 11.7. The van der Waals surface area contributed by atoms with Gasteiger partial charge in [0.05, 0.1) is 0 Å². The second-order valence-corrected chi connectivity index (χ2v) is 5.59. The van der Waals surface area contributed by atoms with Gasteiger partial charge in [-0.15, -0.1) is 0 Å². The highest BCUT2D eigenvalue weighted by atomic mass is 14.9. The number of rotatable bonds is 4. The lowest BCUT2D eigenvalue weighted by molar-refractivity contribution is 0.322. The van der Waals surface area contributed by atoms with E-state index < -0.39 is 0 Å². The molecule has 0 radical (unpaired) electrons. The smallest absolute Gasteiger partial charge is 0.0324 e. The summed E-state index contributed by atoms with van der Waals surface area (Å²) >= 11 is 0. The lowest BCUT2D eigenvalue weighted by Gasteiger charge is -2.28. The molecule has 2 unspecified atom stereocenters. The predicted molar refractivity (Wildman–Crippen MR) is 77.7 cm³/mol. The van der Waals surface area contributed by atoms with E-state index in [0.29, 0.717) is 11.8 Å². The molecule has 0 aromatic heterocycles. The summed E-state index contributed by atoms with van der Waals surface area (Å²) in [6.07, 6.45) is 3.60. The third kappa shape index (κ3) is 3.12. The van der Waals surface area contributed by atoms with E-state index in [9.17, 15) is 0 Å². The van der Waals surface area contributed by atoms with Crippen LogP contribution in [0.3, 0.4) is 0 Å². The lowest BCUT2D eigenvalue weighted by atomic mass is 9.86. The Kier molecular flexibility index (Phi) is 4.79. The Morgan fingerprint density at radius 3 is 2.28 bits per heavy atom. The number of piperidine rings is 1. The summed E-state index contributed by atoms with van der Waals surface area (Å²) in [6.45, 7) is 6.74. The van der Waals surface area contributed by atoms with Crippen molar-refractivity contribution in [2.24, 2.45) is 11.7 Å². The fraction of sp³-hybridized carbons (Fsp3) is 0.625. The minimum Gasteiger partial charge on any atom is -0.324 e. The van der Waals surface area contributed by atoms with Gasteiger partial charge in [0.2, 0.25) is 0 Å². The van der Waals surface area contributed by atoms with Gasteiger partial charge in [-0.1, -0.05) is 38.1 Å². The van der Waals surface area contributed by atoms with Crippen molar-refractivity contribution in [2.75, 3.05) is 13.1 Å². The van der Waals surface area contributed by atoms with Gasteiger partial charge in [0.1, 0.15) is 0 Å². The molecule has 2 rings (SSSR count). The molecule has 0 spiro atoms. The van der Waals surface area contributed by atoms with E-state index in [1.807, 2.05) is 0 Å². The van der Waals surface area contributed by atoms with E-state index in [2.05, 4.69) is 43.4 Å². The largest absolute Gasteiger partial charge is 0.324 e. The second-order valence-electron chi connectivity index (χ2n) is 5.59. The molecule has 1 saturated heterocycles. The molecule has 0 amide bonds. The van der Waals surface area contributed by atoms with Gasteiger partial charge >= 0.3 is 0 Å². The van der Waals surface area contributed by atoms with Gasteiger partial charge in [-0.2, -0.15) is 0 Å². The first kappa shape index (κ1) is 13.6. The zero-order valence-electron chi connectivity index (χ0n) is 11.7. The average molecular weight is 246 g/mol. The Bertz CT molecular complexity index is 352. The van der Waals surface area contributed by atoms with Crippen molar-refractivity contribution in [1.29, 1.82) is 0 Å². The Labute approximate surface area is 111 Å². The molecule has 1 aromatic rings. The maximum absolute atomic E-state index is 6.40. The van der Waals surface area contributed by atoms with Crippen molar-refractivity contribution in [3.05, 3.63) is 35.4 Å². The third-order valence-electron chi connectivity index (χ3n) is 4.39. The van der Waals surface area contributed by atoms with Crippen LogP contribution in [0.15, 0.2) is 24.3 Å². The molecule has 0 bridgehead atoms. The number of hydrogen-bond donors (Lipinski definition) is 2. The molecular formula is C16H26N2. The zero-order chi connectivity index (χ0) is 13.0. The quantitative estimate of drug-likeness (QED) is 0.856. The van der Waals surface area contributed by atoms with Crippen LogP contribution in [-0.4, -0.2) is 13.1 Å². The molecule has 1 aromatic carbocycles. The molecule has 1 aliphatic heterocycles. The first-order chi connectivity index (χ1) is 8.72. The van der Waals surface area contributed by atoms with Gasteiger partial charge in [0.25, 0.3) is 0 Å². The summed E-state index contributed by atoms with van der Waals surface area (Å²) in [6, 6.07) is 9.18. The molecule has 1 heterocycles. The maximum Gasteiger partial charge on any atom is 0.0324 e. The topological polar surface area (TPSA) is 38.0 Å². The van der Waals surface area contributed by atoms with Gasteiger partial charge < -0.3 is 11.1 Å². The van der Waals surface area contributed by atoms with E-state index in [1.54, 1.807) is 0 Å². The van der Waals surface area contributed by atoms with E-state index in [-0.39, 0.29) is 6.04 Å². The van der Waals surface area contributed by atoms with E-state index >= 15 is 0 Å². The van der Waals surface area contributed by atoms with Crippen molar-refractivity contribution in [1.82, 2.24) is 5.32 Å². The number of benzene rings is 1. The second kappa shape index (κ2) is 6.35. The molecule has 18 heavy (non-hydrogen) atoms. The fourth-order valence-electron chi connectivity index (χ4n) is 2.76. The standard InChI is InChI=1S/C16H26N2/c1-3-12(2)13-4-6-14(7-5-13)16(17)15-8-10-18-11-9-15/h4-7,12,15-16,18H,3,8-11,17H2,1-2H3. The van der Waals surface area contributed by atoms with Crippen molar-refractivity contribution in [2.45, 2.75) is 45.1 Å². The predicted octanol–water partition coefficient (Wildman–Crippen LogP) is 3.20. The van der Waals surface area contributed by atoms with Crippen molar-refractivity contribution in [3.8, 4) is 0 Å². The molecule has 2 nitrogen and oxygen atoms in total. The Balaban J connectivity index is 2.03. The van der Waals surface area contributed by atoms with Crippen molar-refractivity contribution < 1.29 is 0 Å². The van der Waals surface area contributed by atoms with Gasteiger partial charge in [-0.25, -0.2) is 0 Å². The third-order valence-corrected chi connectivity index (χ3v) is 4.39. The van der Waals surface area contributed by atoms with Crippen LogP contribution in [0.4, 0.5) is 0 Å². The van der Waals surface area contributed by atoms with Crippen molar-refractivity contribution >= 4 is 0 Å². The summed E-state index contributed by atoms with van der Waals surface area (Å²) in [5, 5.41) is 3.40. The minimum absolute atomic E-state index is 0.207. The number of nitrogens with one attached hydrogen (secondary N) is 1. The molecule has 1 fully saturated rings. The Morgan fingerprint density at radius 1 is 1.17 bits per heavy atom. The van der Waals surface area contributed by atoms with Gasteiger partial charge in [-0.3, -0.25) is 0 Å². The van der Waals surface area contributed by atoms with E-state index in [4.69, 9.17) is 5.73 Å². The molecule has 100 valence electrons. The van der Waals surface area contributed by atoms with Crippen LogP contribution in [0.1, 0.15) is 56.2 Å². The van der Waals surface area contributed by atoms with E-state index in [1.165, 1.54) is 30.4 Å².